The van der Waals surface area contributed by atoms with Crippen LogP contribution in [-0.4, -0.2) is 40.5 Å². The van der Waals surface area contributed by atoms with Gasteiger partial charge in [-0.25, -0.2) is 4.98 Å². The predicted molar refractivity (Wildman–Crippen MR) is 173 cm³/mol. The van der Waals surface area contributed by atoms with Crippen molar-refractivity contribution >= 4 is 12.6 Å². The number of nitrogens with one attached hydrogen (secondary N) is 1. The molecule has 2 N–H and O–H groups in total. The van der Waals surface area contributed by atoms with Gasteiger partial charge in [-0.1, -0.05) is 61.9 Å². The average molecular weight is 583 g/mol. The first-order chi connectivity index (χ1) is 20.8. The van der Waals surface area contributed by atoms with Gasteiger partial charge in [-0.2, -0.15) is 0 Å². The quantitative estimate of drug-likeness (QED) is 0.127. The minimum Gasteiger partial charge on any atom is -0.491 e. The van der Waals surface area contributed by atoms with Gasteiger partial charge in [0.25, 0.3) is 5.56 Å². The number of carbonyl (C=O) groups excluding carboxylic acids is 1. The molecule has 0 aliphatic rings. The maximum Gasteiger partial charge on any atom is 0.261 e. The van der Waals surface area contributed by atoms with Gasteiger partial charge in [0.2, 0.25) is 0 Å². The molecule has 1 heterocycles. The molecule has 43 heavy (non-hydrogen) atoms. The lowest BCUT2D eigenvalue weighted by atomic mass is 9.96. The van der Waals surface area contributed by atoms with Crippen LogP contribution in [0.1, 0.15) is 67.4 Å². The molecule has 0 fully saturated rings. The van der Waals surface area contributed by atoms with E-state index >= 15 is 0 Å². The highest BCUT2D eigenvalue weighted by atomic mass is 16.5. The van der Waals surface area contributed by atoms with Crippen LogP contribution in [0.5, 0.6) is 5.75 Å². The van der Waals surface area contributed by atoms with Gasteiger partial charge in [-0.3, -0.25) is 25.0 Å². The van der Waals surface area contributed by atoms with Crippen molar-refractivity contribution in [1.82, 2.24) is 15.0 Å². The molecule has 4 aromatic rings. The lowest BCUT2D eigenvalue weighted by molar-refractivity contribution is -0.0980. The zero-order chi connectivity index (χ0) is 31.5. The third-order valence-corrected chi connectivity index (χ3v) is 7.13. The van der Waals surface area contributed by atoms with Gasteiger partial charge in [0.15, 0.2) is 5.84 Å². The van der Waals surface area contributed by atoms with E-state index in [-0.39, 0.29) is 11.7 Å². The number of rotatable bonds is 10. The maximum atomic E-state index is 14.1. The Labute approximate surface area is 254 Å². The van der Waals surface area contributed by atoms with Crippen LogP contribution < -0.4 is 15.8 Å². The van der Waals surface area contributed by atoms with E-state index in [1.165, 1.54) is 0 Å². The monoisotopic (exact) mass is 582 g/mol. The molecule has 4 rings (SSSR count). The topological polar surface area (TPSA) is 106 Å². The molecule has 0 aliphatic carbocycles. The fourth-order valence-corrected chi connectivity index (χ4v) is 5.09. The van der Waals surface area contributed by atoms with E-state index in [2.05, 4.69) is 29.5 Å². The van der Waals surface area contributed by atoms with Crippen molar-refractivity contribution in [3.63, 3.8) is 0 Å². The third kappa shape index (κ3) is 7.84. The SMILES string of the molecule is C=O.CCCCc1nc(C)n(-c2ccc(OC(C)C)c(C)c2)c(=O)c1Cc1ccc(-c2ccccc2C(=NC)NO)cc1. The molecule has 8 heteroatoms. The van der Waals surface area contributed by atoms with E-state index in [1.54, 1.807) is 11.6 Å². The summed E-state index contributed by atoms with van der Waals surface area (Å²) in [6.07, 6.45) is 3.32. The number of aliphatic imine (C=N–C) groups is 1. The van der Waals surface area contributed by atoms with E-state index in [0.717, 1.165) is 69.8 Å². The van der Waals surface area contributed by atoms with Gasteiger partial charge in [0.1, 0.15) is 18.4 Å². The van der Waals surface area contributed by atoms with Gasteiger partial charge in [0.05, 0.1) is 17.5 Å². The molecule has 1 aromatic heterocycles. The summed E-state index contributed by atoms with van der Waals surface area (Å²) in [7, 11) is 1.63. The van der Waals surface area contributed by atoms with E-state index in [4.69, 9.17) is 14.5 Å². The second-order valence-corrected chi connectivity index (χ2v) is 10.5. The summed E-state index contributed by atoms with van der Waals surface area (Å²) >= 11 is 0. The molecule has 226 valence electrons. The molecular formula is C35H42N4O4. The molecule has 0 atom stereocenters. The van der Waals surface area contributed by atoms with Crippen LogP contribution in [0.2, 0.25) is 0 Å². The van der Waals surface area contributed by atoms with Crippen molar-refractivity contribution in [2.45, 2.75) is 66.4 Å². The number of ether oxygens (including phenoxy) is 1. The number of amidine groups is 1. The van der Waals surface area contributed by atoms with Crippen LogP contribution in [-0.2, 0) is 17.6 Å². The van der Waals surface area contributed by atoms with Crippen molar-refractivity contribution in [2.75, 3.05) is 7.05 Å². The van der Waals surface area contributed by atoms with Gasteiger partial charge in [0, 0.05) is 24.6 Å². The highest BCUT2D eigenvalue weighted by molar-refractivity contribution is 6.03. The van der Waals surface area contributed by atoms with Crippen molar-refractivity contribution in [1.29, 1.82) is 0 Å². The zero-order valence-corrected chi connectivity index (χ0v) is 26.0. The van der Waals surface area contributed by atoms with Crippen LogP contribution in [0.15, 0.2) is 76.5 Å². The summed E-state index contributed by atoms with van der Waals surface area (Å²) in [6, 6.07) is 21.8. The number of hydroxylamine groups is 1. The van der Waals surface area contributed by atoms with Crippen LogP contribution in [0.3, 0.4) is 0 Å². The molecule has 0 bridgehead atoms. The summed E-state index contributed by atoms with van der Waals surface area (Å²) in [4.78, 5) is 31.2. The summed E-state index contributed by atoms with van der Waals surface area (Å²) in [5.74, 6) is 1.89. The first kappa shape index (κ1) is 32.9. The molecule has 0 saturated heterocycles. The van der Waals surface area contributed by atoms with Crippen molar-refractivity contribution < 1.29 is 14.7 Å². The number of unbranched alkanes of at least 4 members (excludes halogenated alkanes) is 1. The number of nitrogens with zero attached hydrogens (tertiary/aromatic N) is 3. The molecule has 0 aliphatic heterocycles. The highest BCUT2D eigenvalue weighted by Gasteiger charge is 2.18. The summed E-state index contributed by atoms with van der Waals surface area (Å²) in [5.41, 5.74) is 9.28. The number of hydrogen-bond acceptors (Lipinski definition) is 6. The van der Waals surface area contributed by atoms with Crippen molar-refractivity contribution in [3.8, 4) is 22.6 Å². The van der Waals surface area contributed by atoms with Crippen molar-refractivity contribution in [3.05, 3.63) is 111 Å². The van der Waals surface area contributed by atoms with Crippen LogP contribution in [0.25, 0.3) is 16.8 Å². The Bertz CT molecular complexity index is 1610. The number of hydrogen-bond donors (Lipinski definition) is 2. The number of carbonyl (C=O) groups is 1. The van der Waals surface area contributed by atoms with Crippen LogP contribution in [0, 0.1) is 13.8 Å². The fourth-order valence-electron chi connectivity index (χ4n) is 5.09. The van der Waals surface area contributed by atoms with E-state index in [9.17, 15) is 10.0 Å². The highest BCUT2D eigenvalue weighted by Crippen LogP contribution is 2.26. The first-order valence-electron chi connectivity index (χ1n) is 14.5. The van der Waals surface area contributed by atoms with E-state index in [0.29, 0.717) is 18.1 Å². The standard InChI is InChI=1S/C34H40N4O3.CH2O/c1-7-8-13-31-30(34(39)38(24(5)36-31)27-18-19-32(23(4)20-27)41-22(2)3)21-25-14-16-26(17-15-25)28-11-9-10-12-29(28)33(35-6)37-40;1-2/h9-12,14-20,22,40H,7-8,13,21H2,1-6H3,(H,35,37);1H2. The second kappa shape index (κ2) is 15.6. The molecular weight excluding hydrogens is 540 g/mol. The number of aromatic nitrogens is 2. The van der Waals surface area contributed by atoms with Gasteiger partial charge < -0.3 is 9.53 Å². The summed E-state index contributed by atoms with van der Waals surface area (Å²) < 4.78 is 7.63. The van der Waals surface area contributed by atoms with Gasteiger partial charge in [-0.05, 0) is 81.0 Å². The van der Waals surface area contributed by atoms with Crippen LogP contribution >= 0.6 is 0 Å². The summed E-state index contributed by atoms with van der Waals surface area (Å²) in [5, 5.41) is 9.54. The smallest absolute Gasteiger partial charge is 0.261 e. The molecule has 0 saturated carbocycles. The largest absolute Gasteiger partial charge is 0.491 e. The molecule has 0 spiro atoms. The van der Waals surface area contributed by atoms with Crippen LogP contribution in [0.4, 0.5) is 0 Å². The Morgan fingerprint density at radius 2 is 1.77 bits per heavy atom. The second-order valence-electron chi connectivity index (χ2n) is 10.5. The Morgan fingerprint density at radius 3 is 2.37 bits per heavy atom. The first-order valence-corrected chi connectivity index (χ1v) is 14.5. The third-order valence-electron chi connectivity index (χ3n) is 7.13. The molecule has 8 nitrogen and oxygen atoms in total. The fraction of sp³-hybridized carbons (Fsp3) is 0.314. The van der Waals surface area contributed by atoms with E-state index in [1.807, 2.05) is 89.1 Å². The minimum atomic E-state index is -0.0345. The lowest BCUT2D eigenvalue weighted by Crippen LogP contribution is -2.28. The average Bonchev–Trinajstić information content (AvgIpc) is 3.01. The molecule has 3 aromatic carbocycles. The number of aryl methyl sites for hydroxylation is 3. The zero-order valence-electron chi connectivity index (χ0n) is 26.0. The summed E-state index contributed by atoms with van der Waals surface area (Å²) in [6.45, 7) is 12.0. The Morgan fingerprint density at radius 1 is 1.07 bits per heavy atom. The van der Waals surface area contributed by atoms with Gasteiger partial charge in [-0.15, -0.1) is 0 Å². The minimum absolute atomic E-state index is 0.0345. The normalized spacial score (nSPS) is 11.2. The molecule has 0 unspecified atom stereocenters. The van der Waals surface area contributed by atoms with Crippen molar-refractivity contribution in [2.24, 2.45) is 4.99 Å². The number of benzene rings is 3. The predicted octanol–water partition coefficient (Wildman–Crippen LogP) is 6.41. The maximum absolute atomic E-state index is 14.1. The van der Waals surface area contributed by atoms with E-state index < -0.39 is 0 Å². The Balaban J connectivity index is 0.00000248. The Kier molecular flexibility index (Phi) is 12.0. The van der Waals surface area contributed by atoms with Gasteiger partial charge >= 0.3 is 0 Å². The molecule has 0 radical (unpaired) electrons. The molecule has 0 amide bonds. The lowest BCUT2D eigenvalue weighted by Gasteiger charge is -2.18. The Hall–Kier alpha value is -4.56.